The van der Waals surface area contributed by atoms with Gasteiger partial charge in [0.1, 0.15) is 18.3 Å². The fourth-order valence-electron chi connectivity index (χ4n) is 3.13. The van der Waals surface area contributed by atoms with Gasteiger partial charge in [0, 0.05) is 5.56 Å². The molecule has 10 nitrogen and oxygen atoms in total. The van der Waals surface area contributed by atoms with Crippen LogP contribution in [0.15, 0.2) is 36.7 Å². The van der Waals surface area contributed by atoms with E-state index in [1.165, 1.54) is 10.9 Å². The van der Waals surface area contributed by atoms with Crippen molar-refractivity contribution in [2.45, 2.75) is 31.5 Å². The molecule has 4 atom stereocenters. The summed E-state index contributed by atoms with van der Waals surface area (Å²) in [6.45, 7) is 1.78. The zero-order chi connectivity index (χ0) is 21.1. The molecule has 0 saturated carbocycles. The Balaban J connectivity index is 1.77. The van der Waals surface area contributed by atoms with Gasteiger partial charge in [0.15, 0.2) is 23.2 Å². The first kappa shape index (κ1) is 20.2. The molecule has 1 aliphatic heterocycles. The molecule has 1 aliphatic rings. The van der Waals surface area contributed by atoms with Crippen molar-refractivity contribution < 1.29 is 24.9 Å². The average molecular weight is 411 g/mol. The summed E-state index contributed by atoms with van der Waals surface area (Å²) in [4.78, 5) is 18.4. The number of aromatic nitrogens is 4. The van der Waals surface area contributed by atoms with Gasteiger partial charge in [0.05, 0.1) is 19.5 Å². The predicted octanol–water partition coefficient (Wildman–Crippen LogP) is 0.201. The summed E-state index contributed by atoms with van der Waals surface area (Å²) in [6, 6.07) is 9.40. The molecule has 3 heterocycles. The van der Waals surface area contributed by atoms with Crippen molar-refractivity contribution in [3.8, 4) is 11.8 Å². The first-order valence-electron chi connectivity index (χ1n) is 9.44. The number of imidazole rings is 1. The first-order valence-corrected chi connectivity index (χ1v) is 9.44. The molecule has 30 heavy (non-hydrogen) atoms. The molecule has 0 aliphatic carbocycles. The molecule has 2 aromatic heterocycles. The van der Waals surface area contributed by atoms with Crippen molar-refractivity contribution in [2.75, 3.05) is 18.7 Å². The number of hydrogen-bond donors (Lipinski definition) is 4. The van der Waals surface area contributed by atoms with Gasteiger partial charge in [0.2, 0.25) is 5.82 Å². The zero-order valence-electron chi connectivity index (χ0n) is 16.1. The summed E-state index contributed by atoms with van der Waals surface area (Å²) in [5.74, 6) is 6.43. The van der Waals surface area contributed by atoms with E-state index in [0.717, 1.165) is 5.56 Å². The summed E-state index contributed by atoms with van der Waals surface area (Å²) >= 11 is 0. The van der Waals surface area contributed by atoms with Gasteiger partial charge in [-0.1, -0.05) is 24.1 Å². The SMILES string of the molecule is CCONc1nc(C#Cc2ccccc2)nc2c1ncn2[C@@H]1O[C@H](CO)[C@H](O)[C@H]1O. The van der Waals surface area contributed by atoms with Crippen LogP contribution in [0.5, 0.6) is 0 Å². The highest BCUT2D eigenvalue weighted by molar-refractivity contribution is 5.83. The van der Waals surface area contributed by atoms with Crippen LogP contribution >= 0.6 is 0 Å². The largest absolute Gasteiger partial charge is 0.394 e. The molecule has 0 spiro atoms. The molecule has 4 N–H and O–H groups in total. The maximum absolute atomic E-state index is 10.4. The van der Waals surface area contributed by atoms with Crippen LogP contribution in [0.2, 0.25) is 0 Å². The van der Waals surface area contributed by atoms with E-state index in [4.69, 9.17) is 9.57 Å². The Morgan fingerprint density at radius 3 is 2.67 bits per heavy atom. The molecular formula is C20H21N5O5. The van der Waals surface area contributed by atoms with Crippen molar-refractivity contribution in [1.29, 1.82) is 0 Å². The number of nitrogens with zero attached hydrogens (tertiary/aromatic N) is 4. The Bertz CT molecular complexity index is 1080. The van der Waals surface area contributed by atoms with E-state index in [1.54, 1.807) is 0 Å². The highest BCUT2D eigenvalue weighted by Crippen LogP contribution is 2.32. The Morgan fingerprint density at radius 2 is 1.97 bits per heavy atom. The smallest absolute Gasteiger partial charge is 0.209 e. The topological polar surface area (TPSA) is 135 Å². The molecule has 3 aromatic rings. The third-order valence-electron chi connectivity index (χ3n) is 4.62. The normalized spacial score (nSPS) is 23.3. The number of fused-ring (bicyclic) bond motifs is 1. The van der Waals surface area contributed by atoms with Crippen molar-refractivity contribution >= 4 is 17.0 Å². The summed E-state index contributed by atoms with van der Waals surface area (Å²) in [5.41, 5.74) is 4.25. The van der Waals surface area contributed by atoms with Gasteiger partial charge in [-0.15, -0.1) is 0 Å². The number of anilines is 1. The van der Waals surface area contributed by atoms with Gasteiger partial charge in [-0.2, -0.15) is 4.98 Å². The van der Waals surface area contributed by atoms with Crippen LogP contribution in [0, 0.1) is 11.8 Å². The lowest BCUT2D eigenvalue weighted by molar-refractivity contribution is -0.0511. The highest BCUT2D eigenvalue weighted by Gasteiger charge is 2.44. The number of benzene rings is 1. The van der Waals surface area contributed by atoms with Gasteiger partial charge in [-0.25, -0.2) is 15.4 Å². The van der Waals surface area contributed by atoms with Crippen LogP contribution in [0.25, 0.3) is 11.2 Å². The number of aliphatic hydroxyl groups excluding tert-OH is 3. The van der Waals surface area contributed by atoms with Gasteiger partial charge < -0.3 is 20.1 Å². The van der Waals surface area contributed by atoms with Gasteiger partial charge in [-0.3, -0.25) is 9.40 Å². The van der Waals surface area contributed by atoms with Crippen LogP contribution in [-0.2, 0) is 9.57 Å². The molecule has 1 saturated heterocycles. The quantitative estimate of drug-likeness (QED) is 0.343. The number of hydrogen-bond acceptors (Lipinski definition) is 9. The Labute approximate surface area is 172 Å². The number of nitrogens with one attached hydrogen (secondary N) is 1. The summed E-state index contributed by atoms with van der Waals surface area (Å²) in [5, 5.41) is 29.8. The van der Waals surface area contributed by atoms with Gasteiger partial charge in [-0.05, 0) is 25.0 Å². The van der Waals surface area contributed by atoms with Gasteiger partial charge >= 0.3 is 0 Å². The molecule has 0 radical (unpaired) electrons. The Kier molecular flexibility index (Phi) is 5.89. The second kappa shape index (κ2) is 8.74. The van der Waals surface area contributed by atoms with Crippen LogP contribution in [0.3, 0.4) is 0 Å². The summed E-state index contributed by atoms with van der Waals surface area (Å²) in [6.07, 6.45) is -2.98. The fraction of sp³-hybridized carbons (Fsp3) is 0.350. The molecule has 0 bridgehead atoms. The minimum Gasteiger partial charge on any atom is -0.394 e. The van der Waals surface area contributed by atoms with Crippen molar-refractivity contribution in [3.05, 3.63) is 48.0 Å². The summed E-state index contributed by atoms with van der Waals surface area (Å²) in [7, 11) is 0. The first-order chi connectivity index (χ1) is 14.6. The molecule has 1 aromatic carbocycles. The van der Waals surface area contributed by atoms with Crippen LogP contribution in [0.1, 0.15) is 24.5 Å². The van der Waals surface area contributed by atoms with E-state index < -0.39 is 31.1 Å². The van der Waals surface area contributed by atoms with Crippen molar-refractivity contribution in [3.63, 3.8) is 0 Å². The van der Waals surface area contributed by atoms with E-state index in [9.17, 15) is 15.3 Å². The molecule has 4 rings (SSSR count). The van der Waals surface area contributed by atoms with Crippen LogP contribution in [-0.4, -0.2) is 66.4 Å². The molecular weight excluding hydrogens is 390 g/mol. The van der Waals surface area contributed by atoms with E-state index in [0.29, 0.717) is 23.6 Å². The molecule has 156 valence electrons. The number of rotatable bonds is 5. The van der Waals surface area contributed by atoms with Crippen molar-refractivity contribution in [1.82, 2.24) is 19.5 Å². The monoisotopic (exact) mass is 411 g/mol. The minimum atomic E-state index is -1.27. The average Bonchev–Trinajstić information content (AvgIpc) is 3.32. The molecule has 10 heteroatoms. The van der Waals surface area contributed by atoms with Crippen molar-refractivity contribution in [2.24, 2.45) is 0 Å². The van der Waals surface area contributed by atoms with E-state index in [1.807, 2.05) is 37.3 Å². The molecule has 0 amide bonds. The lowest BCUT2D eigenvalue weighted by Crippen LogP contribution is -2.33. The highest BCUT2D eigenvalue weighted by atomic mass is 16.6. The standard InChI is InChI=1S/C20H21N5O5/c1-2-29-24-18-15-19(23-14(22-18)9-8-12-6-4-3-5-7-12)25(11-21-15)20-17(28)16(27)13(10-26)30-20/h3-7,11,13,16-17,20,26-28H,2,10H2,1H3,(H,22,23,24)/t13-,16+,17-,20-/m1/s1. The van der Waals surface area contributed by atoms with E-state index in [-0.39, 0.29) is 5.82 Å². The van der Waals surface area contributed by atoms with E-state index in [2.05, 4.69) is 32.3 Å². The second-order valence-corrected chi connectivity index (χ2v) is 6.60. The zero-order valence-corrected chi connectivity index (χ0v) is 16.1. The maximum atomic E-state index is 10.4. The molecule has 0 unspecified atom stereocenters. The lowest BCUT2D eigenvalue weighted by Gasteiger charge is -2.16. The van der Waals surface area contributed by atoms with E-state index >= 15 is 0 Å². The fourth-order valence-corrected chi connectivity index (χ4v) is 3.13. The van der Waals surface area contributed by atoms with Crippen LogP contribution in [0.4, 0.5) is 5.82 Å². The second-order valence-electron chi connectivity index (χ2n) is 6.60. The number of aliphatic hydroxyl groups is 3. The molecule has 1 fully saturated rings. The Morgan fingerprint density at radius 1 is 1.17 bits per heavy atom. The lowest BCUT2D eigenvalue weighted by atomic mass is 10.1. The van der Waals surface area contributed by atoms with Gasteiger partial charge in [0.25, 0.3) is 0 Å². The third kappa shape index (κ3) is 3.85. The maximum Gasteiger partial charge on any atom is 0.209 e. The minimum absolute atomic E-state index is 0.210. The Hall–Kier alpha value is -3.07. The third-order valence-corrected chi connectivity index (χ3v) is 4.62. The predicted molar refractivity (Wildman–Crippen MR) is 106 cm³/mol. The summed E-state index contributed by atoms with van der Waals surface area (Å²) < 4.78 is 7.08. The van der Waals surface area contributed by atoms with Crippen LogP contribution < -0.4 is 5.48 Å². The number of ether oxygens (including phenoxy) is 1.